The number of morpholine rings is 1. The third-order valence-electron chi connectivity index (χ3n) is 6.09. The second-order valence-electron chi connectivity index (χ2n) is 8.47. The van der Waals surface area contributed by atoms with Gasteiger partial charge >= 0.3 is 0 Å². The van der Waals surface area contributed by atoms with Crippen molar-refractivity contribution < 1.29 is 14.3 Å². The number of carbonyl (C=O) groups excluding carboxylic acids is 1. The fourth-order valence-electron chi connectivity index (χ4n) is 3.98. The van der Waals surface area contributed by atoms with Crippen LogP contribution < -0.4 is 10.1 Å². The number of rotatable bonds is 8. The van der Waals surface area contributed by atoms with Crippen LogP contribution in [0.2, 0.25) is 0 Å². The van der Waals surface area contributed by atoms with E-state index in [1.165, 1.54) is 19.3 Å². The van der Waals surface area contributed by atoms with E-state index in [9.17, 15) is 4.79 Å². The summed E-state index contributed by atoms with van der Waals surface area (Å²) >= 11 is 1.66. The normalized spacial score (nSPS) is 16.0. The number of hydrogen-bond donors (Lipinski definition) is 1. The molecule has 5 rings (SSSR count). The molecule has 7 nitrogen and oxygen atoms in total. The maximum absolute atomic E-state index is 12.9. The number of benzene rings is 1. The zero-order valence-electron chi connectivity index (χ0n) is 18.8. The zero-order valence-corrected chi connectivity index (χ0v) is 19.6. The number of amides is 1. The number of anilines is 1. The molecule has 0 unspecified atom stereocenters. The van der Waals surface area contributed by atoms with Crippen LogP contribution in [0.15, 0.2) is 42.0 Å². The average molecular weight is 465 g/mol. The highest BCUT2D eigenvalue weighted by atomic mass is 32.1. The van der Waals surface area contributed by atoms with E-state index in [0.29, 0.717) is 37.6 Å². The molecule has 33 heavy (non-hydrogen) atoms. The van der Waals surface area contributed by atoms with Crippen LogP contribution in [0.1, 0.15) is 29.6 Å². The molecule has 1 aromatic carbocycles. The molecule has 172 valence electrons. The monoisotopic (exact) mass is 464 g/mol. The minimum Gasteiger partial charge on any atom is -0.496 e. The average Bonchev–Trinajstić information content (AvgIpc) is 3.58. The van der Waals surface area contributed by atoms with Gasteiger partial charge in [-0.3, -0.25) is 9.78 Å². The molecule has 0 radical (unpaired) electrons. The highest BCUT2D eigenvalue weighted by Gasteiger charge is 2.22. The van der Waals surface area contributed by atoms with E-state index in [2.05, 4.69) is 21.7 Å². The van der Waals surface area contributed by atoms with Crippen LogP contribution in [0.25, 0.3) is 21.8 Å². The molecular formula is C25H28N4O3S. The van der Waals surface area contributed by atoms with E-state index in [1.807, 2.05) is 18.2 Å². The van der Waals surface area contributed by atoms with Crippen LogP contribution in [0.3, 0.4) is 0 Å². The standard InChI is InChI=1S/C25H28N4O3S/c1-31-23-12-18(4-5-20(23)25(30)29-8-10-32-11-9-29)21-14-26-15-22(28-21)24-13-19(16-33-24)27-7-6-17-2-3-17/h4-5,12-17,27H,2-3,6-11H2,1H3. The van der Waals surface area contributed by atoms with E-state index < -0.39 is 0 Å². The number of nitrogens with zero attached hydrogens (tertiary/aromatic N) is 3. The maximum atomic E-state index is 12.9. The highest BCUT2D eigenvalue weighted by molar-refractivity contribution is 7.14. The van der Waals surface area contributed by atoms with Crippen molar-refractivity contribution in [2.24, 2.45) is 5.92 Å². The molecule has 3 heterocycles. The Morgan fingerprint density at radius 3 is 2.82 bits per heavy atom. The number of nitrogens with one attached hydrogen (secondary N) is 1. The van der Waals surface area contributed by atoms with Gasteiger partial charge in [0.1, 0.15) is 5.75 Å². The van der Waals surface area contributed by atoms with Gasteiger partial charge in [0.15, 0.2) is 0 Å². The highest BCUT2D eigenvalue weighted by Crippen LogP contribution is 2.34. The fourth-order valence-corrected chi connectivity index (χ4v) is 4.80. The third-order valence-corrected chi connectivity index (χ3v) is 7.04. The predicted molar refractivity (Wildman–Crippen MR) is 130 cm³/mol. The van der Waals surface area contributed by atoms with Crippen LogP contribution in [0.4, 0.5) is 5.69 Å². The molecule has 0 atom stereocenters. The smallest absolute Gasteiger partial charge is 0.257 e. The van der Waals surface area contributed by atoms with Gasteiger partial charge in [-0.25, -0.2) is 4.98 Å². The topological polar surface area (TPSA) is 76.6 Å². The molecule has 1 aliphatic carbocycles. The second kappa shape index (κ2) is 9.89. The van der Waals surface area contributed by atoms with Crippen molar-refractivity contribution in [3.63, 3.8) is 0 Å². The molecule has 2 fully saturated rings. The van der Waals surface area contributed by atoms with Crippen molar-refractivity contribution in [3.05, 3.63) is 47.6 Å². The van der Waals surface area contributed by atoms with Crippen LogP contribution in [0.5, 0.6) is 5.75 Å². The minimum atomic E-state index is -0.0400. The summed E-state index contributed by atoms with van der Waals surface area (Å²) in [4.78, 5) is 25.1. The van der Waals surface area contributed by atoms with Gasteiger partial charge in [0.25, 0.3) is 5.91 Å². The van der Waals surface area contributed by atoms with Gasteiger partial charge < -0.3 is 19.7 Å². The van der Waals surface area contributed by atoms with Gasteiger partial charge in [-0.15, -0.1) is 11.3 Å². The number of carbonyl (C=O) groups is 1. The maximum Gasteiger partial charge on any atom is 0.257 e. The van der Waals surface area contributed by atoms with Gasteiger partial charge in [-0.1, -0.05) is 18.9 Å². The summed E-state index contributed by atoms with van der Waals surface area (Å²) in [6, 6.07) is 7.72. The number of methoxy groups -OCH3 is 1. The van der Waals surface area contributed by atoms with Crippen LogP contribution in [-0.2, 0) is 4.74 Å². The van der Waals surface area contributed by atoms with Crippen LogP contribution in [-0.4, -0.2) is 60.7 Å². The van der Waals surface area contributed by atoms with Crippen molar-refractivity contribution >= 4 is 22.9 Å². The van der Waals surface area contributed by atoms with Gasteiger partial charge in [0.2, 0.25) is 0 Å². The first-order valence-electron chi connectivity index (χ1n) is 11.4. The van der Waals surface area contributed by atoms with Crippen LogP contribution in [0, 0.1) is 5.92 Å². The van der Waals surface area contributed by atoms with E-state index >= 15 is 0 Å². The summed E-state index contributed by atoms with van der Waals surface area (Å²) in [6.45, 7) is 3.33. The van der Waals surface area contributed by atoms with E-state index in [-0.39, 0.29) is 5.91 Å². The third kappa shape index (κ3) is 5.17. The van der Waals surface area contributed by atoms with Crippen molar-refractivity contribution in [3.8, 4) is 27.6 Å². The summed E-state index contributed by atoms with van der Waals surface area (Å²) in [7, 11) is 1.58. The molecule has 1 amide bonds. The Hall–Kier alpha value is -2.97. The second-order valence-corrected chi connectivity index (χ2v) is 9.38. The summed E-state index contributed by atoms with van der Waals surface area (Å²) in [5.41, 5.74) is 4.12. The van der Waals surface area contributed by atoms with E-state index in [1.54, 1.807) is 35.7 Å². The first kappa shape index (κ1) is 21.9. The van der Waals surface area contributed by atoms with Gasteiger partial charge in [-0.05, 0) is 30.5 Å². The summed E-state index contributed by atoms with van der Waals surface area (Å²) in [6.07, 6.45) is 7.53. The Balaban J connectivity index is 1.33. The molecule has 0 spiro atoms. The summed E-state index contributed by atoms with van der Waals surface area (Å²) in [5.74, 6) is 1.42. The number of thiophene rings is 1. The largest absolute Gasteiger partial charge is 0.496 e. The number of ether oxygens (including phenoxy) is 2. The molecular weight excluding hydrogens is 436 g/mol. The first-order chi connectivity index (χ1) is 16.2. The molecule has 1 saturated carbocycles. The molecule has 0 bridgehead atoms. The molecule has 1 aliphatic heterocycles. The van der Waals surface area contributed by atoms with E-state index in [0.717, 1.165) is 40.0 Å². The van der Waals surface area contributed by atoms with Gasteiger partial charge in [0.05, 0.1) is 54.5 Å². The van der Waals surface area contributed by atoms with Crippen molar-refractivity contribution in [2.75, 3.05) is 45.3 Å². The fraction of sp³-hybridized carbons (Fsp3) is 0.400. The SMILES string of the molecule is COc1cc(-c2cncc(-c3cc(NCCC4CC4)cs3)n2)ccc1C(=O)N1CCOCC1. The molecule has 2 aromatic heterocycles. The van der Waals surface area contributed by atoms with Crippen molar-refractivity contribution in [2.45, 2.75) is 19.3 Å². The Morgan fingerprint density at radius 1 is 1.21 bits per heavy atom. The first-order valence-corrected chi connectivity index (χ1v) is 12.3. The number of hydrogen-bond acceptors (Lipinski definition) is 7. The molecule has 8 heteroatoms. The van der Waals surface area contributed by atoms with Gasteiger partial charge in [-0.2, -0.15) is 0 Å². The lowest BCUT2D eigenvalue weighted by molar-refractivity contribution is 0.0301. The summed E-state index contributed by atoms with van der Waals surface area (Å²) < 4.78 is 10.9. The van der Waals surface area contributed by atoms with Crippen LogP contribution >= 0.6 is 11.3 Å². The Labute approximate surface area is 197 Å². The predicted octanol–water partition coefficient (Wildman–Crippen LogP) is 4.57. The van der Waals surface area contributed by atoms with Crippen molar-refractivity contribution in [1.82, 2.24) is 14.9 Å². The summed E-state index contributed by atoms with van der Waals surface area (Å²) in [5, 5.41) is 5.64. The van der Waals surface area contributed by atoms with Crippen molar-refractivity contribution in [1.29, 1.82) is 0 Å². The Morgan fingerprint density at radius 2 is 2.03 bits per heavy atom. The van der Waals surface area contributed by atoms with Gasteiger partial charge in [0, 0.05) is 36.3 Å². The molecule has 3 aromatic rings. The lowest BCUT2D eigenvalue weighted by Crippen LogP contribution is -2.40. The van der Waals surface area contributed by atoms with E-state index in [4.69, 9.17) is 14.5 Å². The Bertz CT molecular complexity index is 1120. The quantitative estimate of drug-likeness (QED) is 0.526. The Kier molecular flexibility index (Phi) is 6.55. The molecule has 1 N–H and O–H groups in total. The zero-order chi connectivity index (χ0) is 22.6. The lowest BCUT2D eigenvalue weighted by atomic mass is 10.1. The molecule has 1 saturated heterocycles. The number of aromatic nitrogens is 2. The minimum absolute atomic E-state index is 0.0400. The molecule has 2 aliphatic rings. The lowest BCUT2D eigenvalue weighted by Gasteiger charge is -2.27.